The van der Waals surface area contributed by atoms with Gasteiger partial charge in [0.2, 0.25) is 0 Å². The van der Waals surface area contributed by atoms with Crippen LogP contribution in [0.15, 0.2) is 66.7 Å². The van der Waals surface area contributed by atoms with E-state index in [1.165, 1.54) is 26.4 Å². The highest BCUT2D eigenvalue weighted by atomic mass is 16.5. The molecule has 0 fully saturated rings. The molecule has 0 heterocycles. The minimum Gasteiger partial charge on any atom is -0.493 e. The number of benzene rings is 3. The molecule has 0 atom stereocenters. The maximum absolute atomic E-state index is 12.7. The van der Waals surface area contributed by atoms with Gasteiger partial charge < -0.3 is 23.7 Å². The SMILES string of the molecule is CCOC(=O)C(=O)c1cc(OC)c(OC)cc1Oc1ccccc1OCc1ccccc1. The normalized spacial score (nSPS) is 10.2. The van der Waals surface area contributed by atoms with E-state index in [1.807, 2.05) is 36.4 Å². The molecule has 0 unspecified atom stereocenters. The molecule has 0 aliphatic rings. The van der Waals surface area contributed by atoms with Crippen molar-refractivity contribution in [1.82, 2.24) is 0 Å². The molecule has 3 aromatic carbocycles. The summed E-state index contributed by atoms with van der Waals surface area (Å²) >= 11 is 0. The van der Waals surface area contributed by atoms with Gasteiger partial charge in [-0.3, -0.25) is 4.79 Å². The number of Topliss-reactive ketones (excluding diaryl/α,β-unsaturated/α-hetero) is 1. The Bertz CT molecular complexity index is 1080. The molecular formula is C25H24O7. The smallest absolute Gasteiger partial charge is 0.379 e. The van der Waals surface area contributed by atoms with E-state index in [-0.39, 0.29) is 23.7 Å². The predicted molar refractivity (Wildman–Crippen MR) is 118 cm³/mol. The summed E-state index contributed by atoms with van der Waals surface area (Å²) in [6.45, 7) is 2.03. The number of rotatable bonds is 10. The first-order chi connectivity index (χ1) is 15.6. The Balaban J connectivity index is 1.95. The lowest BCUT2D eigenvalue weighted by Crippen LogP contribution is -2.18. The number of carbonyl (C=O) groups excluding carboxylic acids is 2. The van der Waals surface area contributed by atoms with Gasteiger partial charge in [-0.25, -0.2) is 4.79 Å². The maximum atomic E-state index is 12.7. The molecule has 0 saturated heterocycles. The minimum atomic E-state index is -0.988. The van der Waals surface area contributed by atoms with Crippen molar-refractivity contribution < 1.29 is 33.3 Å². The second-order valence-electron chi connectivity index (χ2n) is 6.58. The Hall–Kier alpha value is -4.00. The van der Waals surface area contributed by atoms with Crippen LogP contribution in [0.1, 0.15) is 22.8 Å². The fourth-order valence-corrected chi connectivity index (χ4v) is 2.94. The van der Waals surface area contributed by atoms with Crippen molar-refractivity contribution in [3.8, 4) is 28.7 Å². The van der Waals surface area contributed by atoms with Gasteiger partial charge in [0.15, 0.2) is 23.0 Å². The van der Waals surface area contributed by atoms with Crippen LogP contribution in [0.5, 0.6) is 28.7 Å². The van der Waals surface area contributed by atoms with Crippen LogP contribution in [0.4, 0.5) is 0 Å². The Kier molecular flexibility index (Phi) is 7.70. The molecule has 0 saturated carbocycles. The molecular weight excluding hydrogens is 412 g/mol. The number of hydrogen-bond donors (Lipinski definition) is 0. The van der Waals surface area contributed by atoms with E-state index in [9.17, 15) is 9.59 Å². The van der Waals surface area contributed by atoms with Crippen LogP contribution >= 0.6 is 0 Å². The van der Waals surface area contributed by atoms with Gasteiger partial charge in [0, 0.05) is 6.07 Å². The van der Waals surface area contributed by atoms with Crippen molar-refractivity contribution in [3.63, 3.8) is 0 Å². The standard InChI is InChI=1S/C25H24O7/c1-4-30-25(27)24(26)18-14-22(28-2)23(29-3)15-21(18)32-20-13-9-8-12-19(20)31-16-17-10-6-5-7-11-17/h5-15H,4,16H2,1-3H3. The zero-order chi connectivity index (χ0) is 22.9. The third-order valence-corrected chi connectivity index (χ3v) is 4.50. The third kappa shape index (κ3) is 5.37. The average molecular weight is 436 g/mol. The van der Waals surface area contributed by atoms with E-state index >= 15 is 0 Å². The molecule has 0 N–H and O–H groups in total. The number of methoxy groups -OCH3 is 2. The summed E-state index contributed by atoms with van der Waals surface area (Å²) in [5, 5.41) is 0. The van der Waals surface area contributed by atoms with Gasteiger partial charge in [0.1, 0.15) is 12.4 Å². The summed E-state index contributed by atoms with van der Waals surface area (Å²) in [4.78, 5) is 24.8. The quantitative estimate of drug-likeness (QED) is 0.256. The monoisotopic (exact) mass is 436 g/mol. The van der Waals surface area contributed by atoms with E-state index in [1.54, 1.807) is 25.1 Å². The van der Waals surface area contributed by atoms with Gasteiger partial charge >= 0.3 is 5.97 Å². The first-order valence-electron chi connectivity index (χ1n) is 9.98. The fraction of sp³-hybridized carbons (Fsp3) is 0.200. The second kappa shape index (κ2) is 10.9. The Labute approximate surface area is 186 Å². The summed E-state index contributed by atoms with van der Waals surface area (Å²) in [6, 6.07) is 19.6. The minimum absolute atomic E-state index is 0.0148. The molecule has 166 valence electrons. The van der Waals surface area contributed by atoms with Crippen LogP contribution in [0, 0.1) is 0 Å². The van der Waals surface area contributed by atoms with Crippen molar-refractivity contribution in [2.75, 3.05) is 20.8 Å². The van der Waals surface area contributed by atoms with Crippen molar-refractivity contribution in [3.05, 3.63) is 77.9 Å². The van der Waals surface area contributed by atoms with Gasteiger partial charge in [-0.15, -0.1) is 0 Å². The topological polar surface area (TPSA) is 80.3 Å². The summed E-state index contributed by atoms with van der Waals surface area (Å²) < 4.78 is 27.4. The van der Waals surface area contributed by atoms with E-state index in [2.05, 4.69) is 0 Å². The maximum Gasteiger partial charge on any atom is 0.379 e. The molecule has 32 heavy (non-hydrogen) atoms. The Morgan fingerprint density at radius 3 is 2.03 bits per heavy atom. The molecule has 0 radical (unpaired) electrons. The predicted octanol–water partition coefficient (Wildman–Crippen LogP) is 4.82. The molecule has 0 spiro atoms. The summed E-state index contributed by atoms with van der Waals surface area (Å²) in [5.41, 5.74) is 0.977. The molecule has 7 heteroatoms. The van der Waals surface area contributed by atoms with Crippen LogP contribution in [0.25, 0.3) is 0 Å². The molecule has 3 aromatic rings. The first kappa shape index (κ1) is 22.7. The summed E-state index contributed by atoms with van der Waals surface area (Å²) in [6.07, 6.45) is 0. The highest BCUT2D eigenvalue weighted by molar-refractivity contribution is 6.41. The van der Waals surface area contributed by atoms with E-state index in [0.717, 1.165) is 5.56 Å². The highest BCUT2D eigenvalue weighted by Gasteiger charge is 2.25. The first-order valence-corrected chi connectivity index (χ1v) is 9.98. The number of carbonyl (C=O) groups is 2. The van der Waals surface area contributed by atoms with Gasteiger partial charge in [-0.05, 0) is 30.7 Å². The molecule has 7 nitrogen and oxygen atoms in total. The molecule has 3 rings (SSSR count). The third-order valence-electron chi connectivity index (χ3n) is 4.50. The molecule has 0 aromatic heterocycles. The van der Waals surface area contributed by atoms with E-state index in [0.29, 0.717) is 23.9 Å². The number of ketones is 1. The lowest BCUT2D eigenvalue weighted by Gasteiger charge is -2.16. The van der Waals surface area contributed by atoms with Crippen molar-refractivity contribution >= 4 is 11.8 Å². The van der Waals surface area contributed by atoms with Crippen LogP contribution in [0.2, 0.25) is 0 Å². The highest BCUT2D eigenvalue weighted by Crippen LogP contribution is 2.39. The van der Waals surface area contributed by atoms with Crippen molar-refractivity contribution in [2.45, 2.75) is 13.5 Å². The van der Waals surface area contributed by atoms with Crippen LogP contribution in [-0.4, -0.2) is 32.6 Å². The van der Waals surface area contributed by atoms with Gasteiger partial charge in [-0.2, -0.15) is 0 Å². The molecule has 0 amide bonds. The summed E-state index contributed by atoms with van der Waals surface area (Å²) in [5.74, 6) is -0.277. The van der Waals surface area contributed by atoms with Crippen LogP contribution < -0.4 is 18.9 Å². The van der Waals surface area contributed by atoms with Gasteiger partial charge in [-0.1, -0.05) is 42.5 Å². The number of esters is 1. The Morgan fingerprint density at radius 1 is 0.750 bits per heavy atom. The van der Waals surface area contributed by atoms with Crippen molar-refractivity contribution in [1.29, 1.82) is 0 Å². The van der Waals surface area contributed by atoms with Crippen molar-refractivity contribution in [2.24, 2.45) is 0 Å². The summed E-state index contributed by atoms with van der Waals surface area (Å²) in [7, 11) is 2.90. The largest absolute Gasteiger partial charge is 0.493 e. The van der Waals surface area contributed by atoms with Gasteiger partial charge in [0.25, 0.3) is 5.78 Å². The average Bonchev–Trinajstić information content (AvgIpc) is 2.83. The Morgan fingerprint density at radius 2 is 1.38 bits per heavy atom. The number of hydrogen-bond acceptors (Lipinski definition) is 7. The zero-order valence-electron chi connectivity index (χ0n) is 18.1. The fourth-order valence-electron chi connectivity index (χ4n) is 2.94. The van der Waals surface area contributed by atoms with Gasteiger partial charge in [0.05, 0.1) is 26.4 Å². The lowest BCUT2D eigenvalue weighted by molar-refractivity contribution is -0.137. The zero-order valence-corrected chi connectivity index (χ0v) is 18.1. The number of ether oxygens (including phenoxy) is 5. The second-order valence-corrected chi connectivity index (χ2v) is 6.58. The van der Waals surface area contributed by atoms with E-state index in [4.69, 9.17) is 23.7 Å². The molecule has 0 aliphatic carbocycles. The number of para-hydroxylation sites is 2. The molecule has 0 aliphatic heterocycles. The van der Waals surface area contributed by atoms with Crippen LogP contribution in [0.3, 0.4) is 0 Å². The lowest BCUT2D eigenvalue weighted by atomic mass is 10.1. The van der Waals surface area contributed by atoms with Crippen LogP contribution in [-0.2, 0) is 16.1 Å². The van der Waals surface area contributed by atoms with E-state index < -0.39 is 11.8 Å². The molecule has 0 bridgehead atoms.